The molecule has 1 heterocycles. The molecule has 1 aliphatic rings. The largest absolute Gasteiger partial charge is 0.329 e. The Hall–Kier alpha value is -1.02. The van der Waals surface area contributed by atoms with Crippen LogP contribution in [0, 0.1) is 0 Å². The molecule has 0 bridgehead atoms. The number of hydrogen-bond acceptors (Lipinski definition) is 2. The number of hydrogen-bond donors (Lipinski definition) is 0. The van der Waals surface area contributed by atoms with E-state index < -0.39 is 0 Å². The van der Waals surface area contributed by atoms with E-state index in [1.165, 1.54) is 5.69 Å². The maximum Gasteiger partial charge on any atom is 0.100 e. The molecule has 2 nitrogen and oxygen atoms in total. The van der Waals surface area contributed by atoms with Gasteiger partial charge in [-0.2, -0.15) is 0 Å². The maximum absolute atomic E-state index is 4.34. The Kier molecular flexibility index (Phi) is 3.32. The predicted octanol–water partition coefficient (Wildman–Crippen LogP) is 2.35. The molecular weight excluding hydrogens is 184 g/mol. The van der Waals surface area contributed by atoms with Crippen LogP contribution in [0.4, 0.5) is 5.69 Å². The smallest absolute Gasteiger partial charge is 0.100 e. The summed E-state index contributed by atoms with van der Waals surface area (Å²) in [6, 6.07) is 10.4. The Balaban J connectivity index is 0.000000845. The second-order valence-corrected chi connectivity index (χ2v) is 2.92. The van der Waals surface area contributed by atoms with Crippen molar-refractivity contribution in [2.75, 3.05) is 18.0 Å². The van der Waals surface area contributed by atoms with E-state index in [2.05, 4.69) is 41.1 Å². The molecule has 0 aliphatic carbocycles. The summed E-state index contributed by atoms with van der Waals surface area (Å²) < 4.78 is 0. The van der Waals surface area contributed by atoms with Crippen LogP contribution in [-0.2, 0) is 0 Å². The van der Waals surface area contributed by atoms with Crippen LogP contribution in [0.15, 0.2) is 35.3 Å². The van der Waals surface area contributed by atoms with Crippen molar-refractivity contribution >= 4 is 23.9 Å². The van der Waals surface area contributed by atoms with Gasteiger partial charge in [0.05, 0.1) is 6.54 Å². The van der Waals surface area contributed by atoms with Gasteiger partial charge in [0.15, 0.2) is 0 Å². The van der Waals surface area contributed by atoms with Crippen molar-refractivity contribution in [1.29, 1.82) is 0 Å². The molecule has 0 N–H and O–H groups in total. The van der Waals surface area contributed by atoms with Crippen LogP contribution >= 0.6 is 12.4 Å². The second-order valence-electron chi connectivity index (χ2n) is 2.92. The molecule has 0 spiro atoms. The first-order valence-corrected chi connectivity index (χ1v) is 4.21. The number of para-hydroxylation sites is 1. The molecule has 0 aromatic heterocycles. The summed E-state index contributed by atoms with van der Waals surface area (Å²) in [6.45, 7) is 4.01. The van der Waals surface area contributed by atoms with Gasteiger partial charge in [0.25, 0.3) is 0 Å². The number of benzene rings is 1. The molecule has 70 valence electrons. The lowest BCUT2D eigenvalue weighted by atomic mass is 10.3. The van der Waals surface area contributed by atoms with Crippen LogP contribution in [0.1, 0.15) is 6.92 Å². The van der Waals surface area contributed by atoms with E-state index in [0.29, 0.717) is 0 Å². The summed E-state index contributed by atoms with van der Waals surface area (Å²) in [4.78, 5) is 6.57. The Morgan fingerprint density at radius 3 is 2.46 bits per heavy atom. The van der Waals surface area contributed by atoms with Crippen molar-refractivity contribution in [3.63, 3.8) is 0 Å². The van der Waals surface area contributed by atoms with E-state index >= 15 is 0 Å². The van der Waals surface area contributed by atoms with Crippen LogP contribution in [-0.4, -0.2) is 18.9 Å². The molecule has 0 unspecified atom stereocenters. The molecule has 0 saturated carbocycles. The minimum Gasteiger partial charge on any atom is -0.329 e. The highest BCUT2D eigenvalue weighted by Gasteiger charge is 2.12. The lowest BCUT2D eigenvalue weighted by Gasteiger charge is -2.17. The van der Waals surface area contributed by atoms with E-state index in [4.69, 9.17) is 0 Å². The molecule has 13 heavy (non-hydrogen) atoms. The topological polar surface area (TPSA) is 15.6 Å². The molecule has 1 aromatic carbocycles. The fourth-order valence-electron chi connectivity index (χ4n) is 1.48. The van der Waals surface area contributed by atoms with Crippen molar-refractivity contribution < 1.29 is 0 Å². The Morgan fingerprint density at radius 2 is 1.92 bits per heavy atom. The molecule has 0 amide bonds. The minimum atomic E-state index is 0. The Labute approximate surface area is 84.7 Å². The lowest BCUT2D eigenvalue weighted by Crippen LogP contribution is -2.24. The Morgan fingerprint density at radius 1 is 1.23 bits per heavy atom. The number of aliphatic imine (C=N–C) groups is 1. The molecule has 1 aromatic rings. The third-order valence-electron chi connectivity index (χ3n) is 2.12. The number of anilines is 1. The normalized spacial score (nSPS) is 15.2. The van der Waals surface area contributed by atoms with Gasteiger partial charge in [0.1, 0.15) is 5.84 Å². The van der Waals surface area contributed by atoms with Gasteiger partial charge in [-0.3, -0.25) is 4.99 Å². The first kappa shape index (κ1) is 10.1. The van der Waals surface area contributed by atoms with Gasteiger partial charge in [0.2, 0.25) is 0 Å². The van der Waals surface area contributed by atoms with Crippen LogP contribution in [0.25, 0.3) is 0 Å². The quantitative estimate of drug-likeness (QED) is 0.673. The highest BCUT2D eigenvalue weighted by atomic mass is 35.5. The van der Waals surface area contributed by atoms with Crippen molar-refractivity contribution in [3.8, 4) is 0 Å². The number of halogens is 1. The average molecular weight is 197 g/mol. The van der Waals surface area contributed by atoms with Crippen molar-refractivity contribution in [3.05, 3.63) is 30.3 Å². The predicted molar refractivity (Wildman–Crippen MR) is 59.0 cm³/mol. The number of nitrogens with zero attached hydrogens (tertiary/aromatic N) is 2. The summed E-state index contributed by atoms with van der Waals surface area (Å²) in [7, 11) is 0. The Bertz CT molecular complexity index is 295. The van der Waals surface area contributed by atoms with Crippen molar-refractivity contribution in [1.82, 2.24) is 0 Å². The number of rotatable bonds is 1. The van der Waals surface area contributed by atoms with Crippen LogP contribution in [0.5, 0.6) is 0 Å². The van der Waals surface area contributed by atoms with Gasteiger partial charge in [-0.15, -0.1) is 12.4 Å². The van der Waals surface area contributed by atoms with Gasteiger partial charge in [-0.05, 0) is 19.1 Å². The highest BCUT2D eigenvalue weighted by molar-refractivity contribution is 5.97. The zero-order valence-corrected chi connectivity index (χ0v) is 8.42. The van der Waals surface area contributed by atoms with Crippen molar-refractivity contribution in [2.24, 2.45) is 4.99 Å². The van der Waals surface area contributed by atoms with Crippen LogP contribution in [0.2, 0.25) is 0 Å². The summed E-state index contributed by atoms with van der Waals surface area (Å²) in [5, 5.41) is 0. The van der Waals surface area contributed by atoms with Crippen molar-refractivity contribution in [2.45, 2.75) is 6.92 Å². The molecule has 0 atom stereocenters. The zero-order valence-electron chi connectivity index (χ0n) is 7.60. The lowest BCUT2D eigenvalue weighted by molar-refractivity contribution is 1.02. The number of amidine groups is 1. The van der Waals surface area contributed by atoms with E-state index in [-0.39, 0.29) is 12.4 Å². The first-order chi connectivity index (χ1) is 5.88. The van der Waals surface area contributed by atoms with E-state index in [0.717, 1.165) is 18.9 Å². The second kappa shape index (κ2) is 4.28. The monoisotopic (exact) mass is 196 g/mol. The highest BCUT2D eigenvalue weighted by Crippen LogP contribution is 2.16. The zero-order chi connectivity index (χ0) is 8.39. The molecule has 0 fully saturated rings. The van der Waals surface area contributed by atoms with Crippen LogP contribution < -0.4 is 4.90 Å². The fraction of sp³-hybridized carbons (Fsp3) is 0.300. The molecule has 3 heteroatoms. The van der Waals surface area contributed by atoms with Gasteiger partial charge < -0.3 is 4.90 Å². The average Bonchev–Trinajstić information content (AvgIpc) is 2.53. The SMILES string of the molecule is CC1=NCCN1c1ccccc1.Cl. The minimum absolute atomic E-state index is 0. The maximum atomic E-state index is 4.34. The molecule has 2 rings (SSSR count). The van der Waals surface area contributed by atoms with Gasteiger partial charge in [-0.25, -0.2) is 0 Å². The summed E-state index contributed by atoms with van der Waals surface area (Å²) in [5.41, 5.74) is 1.25. The fourth-order valence-corrected chi connectivity index (χ4v) is 1.48. The standard InChI is InChI=1S/C10H12N2.ClH/c1-9-11-7-8-12(9)10-5-3-2-4-6-10;/h2-6H,7-8H2,1H3;1H. The van der Waals surface area contributed by atoms with Gasteiger partial charge in [-0.1, -0.05) is 18.2 Å². The third-order valence-corrected chi connectivity index (χ3v) is 2.12. The summed E-state index contributed by atoms with van der Waals surface area (Å²) in [6.07, 6.45) is 0. The third kappa shape index (κ3) is 2.01. The summed E-state index contributed by atoms with van der Waals surface area (Å²) >= 11 is 0. The first-order valence-electron chi connectivity index (χ1n) is 4.21. The molecule has 0 saturated heterocycles. The van der Waals surface area contributed by atoms with Gasteiger partial charge >= 0.3 is 0 Å². The van der Waals surface area contributed by atoms with Crippen LogP contribution in [0.3, 0.4) is 0 Å². The van der Waals surface area contributed by atoms with E-state index in [1.54, 1.807) is 0 Å². The molecule has 0 radical (unpaired) electrons. The summed E-state index contributed by atoms with van der Waals surface area (Å²) in [5.74, 6) is 1.13. The van der Waals surface area contributed by atoms with E-state index in [1.807, 2.05) is 6.07 Å². The molecular formula is C10H13ClN2. The van der Waals surface area contributed by atoms with E-state index in [9.17, 15) is 0 Å². The van der Waals surface area contributed by atoms with Gasteiger partial charge in [0, 0.05) is 12.2 Å². The molecule has 1 aliphatic heterocycles.